The minimum Gasteiger partial charge on any atom is -0.462 e. The number of allylic oxidation sites excluding steroid dienone is 8. The summed E-state index contributed by atoms with van der Waals surface area (Å²) in [5, 5.41) is 0. The van der Waals surface area contributed by atoms with Gasteiger partial charge in [0.15, 0.2) is 6.10 Å². The second-order valence-electron chi connectivity index (χ2n) is 20.9. The molecule has 0 rings (SSSR count). The van der Waals surface area contributed by atoms with Crippen LogP contribution in [0.3, 0.4) is 0 Å². The summed E-state index contributed by atoms with van der Waals surface area (Å²) in [7, 11) is 0. The predicted octanol–water partition coefficient (Wildman–Crippen LogP) is 21.0. The Bertz CT molecular complexity index is 1230. The summed E-state index contributed by atoms with van der Waals surface area (Å²) in [6, 6.07) is 0. The maximum atomic E-state index is 12.8. The zero-order valence-electron chi connectivity index (χ0n) is 47.5. The molecule has 6 nitrogen and oxygen atoms in total. The molecule has 0 aromatic heterocycles. The highest BCUT2D eigenvalue weighted by atomic mass is 16.6. The molecule has 0 aliphatic carbocycles. The van der Waals surface area contributed by atoms with Crippen molar-refractivity contribution in [3.8, 4) is 0 Å². The van der Waals surface area contributed by atoms with E-state index in [1.165, 1.54) is 205 Å². The number of unbranched alkanes of at least 4 members (excludes halogenated alkanes) is 38. The lowest BCUT2D eigenvalue weighted by Gasteiger charge is -2.18. The number of rotatable bonds is 57. The van der Waals surface area contributed by atoms with Crippen molar-refractivity contribution in [3.63, 3.8) is 0 Å². The molecule has 414 valence electrons. The van der Waals surface area contributed by atoms with Crippen LogP contribution >= 0.6 is 0 Å². The summed E-state index contributed by atoms with van der Waals surface area (Å²) in [4.78, 5) is 38.1. The molecule has 1 atom stereocenters. The van der Waals surface area contributed by atoms with Crippen molar-refractivity contribution in [2.75, 3.05) is 13.2 Å². The highest BCUT2D eigenvalue weighted by Crippen LogP contribution is 2.17. The van der Waals surface area contributed by atoms with Crippen molar-refractivity contribution >= 4 is 17.9 Å². The van der Waals surface area contributed by atoms with Crippen LogP contribution in [0.1, 0.15) is 329 Å². The number of carbonyl (C=O) groups is 3. The number of ether oxygens (including phenoxy) is 3. The number of esters is 3. The molecule has 0 amide bonds. The topological polar surface area (TPSA) is 78.9 Å². The van der Waals surface area contributed by atoms with Crippen molar-refractivity contribution in [2.45, 2.75) is 335 Å². The minimum atomic E-state index is -0.785. The fraction of sp³-hybridized carbons (Fsp3) is 0.831. The molecule has 1 unspecified atom stereocenters. The molecule has 0 aromatic carbocycles. The molecule has 0 fully saturated rings. The van der Waals surface area contributed by atoms with Gasteiger partial charge in [-0.15, -0.1) is 0 Å². The molecule has 0 spiro atoms. The molecule has 71 heavy (non-hydrogen) atoms. The summed E-state index contributed by atoms with van der Waals surface area (Å²) in [5.74, 6) is -0.894. The van der Waals surface area contributed by atoms with Crippen LogP contribution in [0.4, 0.5) is 0 Å². The third-order valence-corrected chi connectivity index (χ3v) is 13.8. The van der Waals surface area contributed by atoms with E-state index in [1.807, 2.05) is 0 Å². The summed E-state index contributed by atoms with van der Waals surface area (Å²) in [5.41, 5.74) is 0. The first kappa shape index (κ1) is 68.4. The zero-order valence-corrected chi connectivity index (χ0v) is 47.5. The Labute approximate surface area is 441 Å². The average molecular weight is 996 g/mol. The van der Waals surface area contributed by atoms with Crippen LogP contribution in [0, 0.1) is 0 Å². The van der Waals surface area contributed by atoms with E-state index in [4.69, 9.17) is 14.2 Å². The van der Waals surface area contributed by atoms with Gasteiger partial charge in [0, 0.05) is 19.3 Å². The highest BCUT2D eigenvalue weighted by molar-refractivity contribution is 5.71. The van der Waals surface area contributed by atoms with Gasteiger partial charge < -0.3 is 14.2 Å². The Morgan fingerprint density at radius 1 is 0.296 bits per heavy atom. The molecule has 0 aromatic rings. The molecule has 0 saturated heterocycles. The van der Waals surface area contributed by atoms with Crippen LogP contribution in [0.5, 0.6) is 0 Å². The van der Waals surface area contributed by atoms with E-state index in [9.17, 15) is 14.4 Å². The van der Waals surface area contributed by atoms with E-state index < -0.39 is 6.10 Å². The van der Waals surface area contributed by atoms with Gasteiger partial charge in [-0.1, -0.05) is 281 Å². The molecule has 0 aliphatic rings. The zero-order chi connectivity index (χ0) is 51.4. The first-order valence-electron chi connectivity index (χ1n) is 31.1. The van der Waals surface area contributed by atoms with E-state index in [2.05, 4.69) is 69.4 Å². The van der Waals surface area contributed by atoms with Gasteiger partial charge in [-0.25, -0.2) is 0 Å². The lowest BCUT2D eigenvalue weighted by atomic mass is 10.0. The van der Waals surface area contributed by atoms with Crippen molar-refractivity contribution in [1.29, 1.82) is 0 Å². The molecule has 0 heterocycles. The van der Waals surface area contributed by atoms with Crippen molar-refractivity contribution < 1.29 is 28.6 Å². The Morgan fingerprint density at radius 2 is 0.549 bits per heavy atom. The van der Waals surface area contributed by atoms with Gasteiger partial charge in [-0.05, 0) is 77.0 Å². The largest absolute Gasteiger partial charge is 0.462 e. The Kier molecular flexibility index (Phi) is 57.7. The quantitative estimate of drug-likeness (QED) is 0.0261. The third kappa shape index (κ3) is 58.1. The minimum absolute atomic E-state index is 0.0812. The molecule has 0 saturated carbocycles. The first-order chi connectivity index (χ1) is 35.0. The second-order valence-corrected chi connectivity index (χ2v) is 20.9. The molecular formula is C65H118O6. The third-order valence-electron chi connectivity index (χ3n) is 13.8. The Morgan fingerprint density at radius 3 is 0.887 bits per heavy atom. The Balaban J connectivity index is 4.18. The van der Waals surface area contributed by atoms with Crippen molar-refractivity contribution in [1.82, 2.24) is 0 Å². The van der Waals surface area contributed by atoms with Crippen LogP contribution < -0.4 is 0 Å². The van der Waals surface area contributed by atoms with Crippen LogP contribution in [0.2, 0.25) is 0 Å². The van der Waals surface area contributed by atoms with Crippen molar-refractivity contribution in [2.24, 2.45) is 0 Å². The molecule has 0 radical (unpaired) electrons. The smallest absolute Gasteiger partial charge is 0.306 e. The monoisotopic (exact) mass is 995 g/mol. The van der Waals surface area contributed by atoms with E-state index in [0.29, 0.717) is 19.3 Å². The van der Waals surface area contributed by atoms with E-state index in [1.54, 1.807) is 0 Å². The molecule has 0 bridgehead atoms. The van der Waals surface area contributed by atoms with Gasteiger partial charge in [0.1, 0.15) is 13.2 Å². The fourth-order valence-electron chi connectivity index (χ4n) is 9.16. The van der Waals surface area contributed by atoms with Crippen molar-refractivity contribution in [3.05, 3.63) is 48.6 Å². The normalized spacial score (nSPS) is 12.3. The second kappa shape index (κ2) is 59.9. The predicted molar refractivity (Wildman–Crippen MR) is 307 cm³/mol. The number of hydrogen-bond donors (Lipinski definition) is 0. The van der Waals surface area contributed by atoms with Gasteiger partial charge in [0.25, 0.3) is 0 Å². The summed E-state index contributed by atoms with van der Waals surface area (Å²) >= 11 is 0. The summed E-state index contributed by atoms with van der Waals surface area (Å²) in [6.07, 6.45) is 74.2. The van der Waals surface area contributed by atoms with Gasteiger partial charge in [-0.3, -0.25) is 14.4 Å². The Hall–Kier alpha value is -2.63. The van der Waals surface area contributed by atoms with Gasteiger partial charge >= 0.3 is 17.9 Å². The molecular weight excluding hydrogens is 877 g/mol. The lowest BCUT2D eigenvalue weighted by molar-refractivity contribution is -0.167. The van der Waals surface area contributed by atoms with E-state index in [-0.39, 0.29) is 31.1 Å². The SMILES string of the molecule is CC/C=C\C/C=C\C/C=C\CCCCCC(=O)OC(COC(=O)CCCCCCCCCCCCCCC)COC(=O)CCCCCCCCCCCCCCCCC/C=C\CCCCCCCCCC. The van der Waals surface area contributed by atoms with Gasteiger partial charge in [0.05, 0.1) is 0 Å². The van der Waals surface area contributed by atoms with Crippen LogP contribution in [0.25, 0.3) is 0 Å². The number of hydrogen-bond acceptors (Lipinski definition) is 6. The molecule has 6 heteroatoms. The maximum absolute atomic E-state index is 12.8. The molecule has 0 aliphatic heterocycles. The fourth-order valence-corrected chi connectivity index (χ4v) is 9.16. The maximum Gasteiger partial charge on any atom is 0.306 e. The van der Waals surface area contributed by atoms with Crippen LogP contribution in [0.15, 0.2) is 48.6 Å². The molecule has 0 N–H and O–H groups in total. The summed E-state index contributed by atoms with van der Waals surface area (Å²) in [6.45, 7) is 6.54. The standard InChI is InChI=1S/C65H118O6/c1-4-7-10-13-16-19-22-25-26-27-28-29-30-31-32-33-34-35-36-37-38-41-43-46-49-52-55-58-64(67)70-61-62(71-65(68)59-56-53-50-47-44-40-24-21-18-15-12-9-6-3)60-69-63(66)57-54-51-48-45-42-39-23-20-17-14-11-8-5-2/h9,12,18,21,27-28,40,44,62H,4-8,10-11,13-17,19-20,22-26,29-39,41-43,45-61H2,1-3H3/b12-9-,21-18-,28-27-,44-40-. The van der Waals surface area contributed by atoms with Crippen LogP contribution in [-0.2, 0) is 28.6 Å². The van der Waals surface area contributed by atoms with Gasteiger partial charge in [0.2, 0.25) is 0 Å². The van der Waals surface area contributed by atoms with Gasteiger partial charge in [-0.2, -0.15) is 0 Å². The van der Waals surface area contributed by atoms with E-state index >= 15 is 0 Å². The number of carbonyl (C=O) groups excluding carboxylic acids is 3. The van der Waals surface area contributed by atoms with Crippen LogP contribution in [-0.4, -0.2) is 37.2 Å². The highest BCUT2D eigenvalue weighted by Gasteiger charge is 2.19. The summed E-state index contributed by atoms with van der Waals surface area (Å²) < 4.78 is 16.9. The average Bonchev–Trinajstić information content (AvgIpc) is 3.37. The van der Waals surface area contributed by atoms with E-state index in [0.717, 1.165) is 83.5 Å². The first-order valence-corrected chi connectivity index (χ1v) is 31.1. The lowest BCUT2D eigenvalue weighted by Crippen LogP contribution is -2.30.